The Balaban J connectivity index is 1.39. The zero-order valence-corrected chi connectivity index (χ0v) is 21.4. The van der Waals surface area contributed by atoms with Gasteiger partial charge < -0.3 is 24.2 Å². The van der Waals surface area contributed by atoms with Gasteiger partial charge in [-0.15, -0.1) is 13.2 Å². The normalized spacial score (nSPS) is 19.0. The van der Waals surface area contributed by atoms with E-state index in [-0.39, 0.29) is 23.6 Å². The van der Waals surface area contributed by atoms with Gasteiger partial charge in [-0.25, -0.2) is 9.97 Å². The summed E-state index contributed by atoms with van der Waals surface area (Å²) in [7, 11) is 0. The van der Waals surface area contributed by atoms with E-state index in [4.69, 9.17) is 4.98 Å². The van der Waals surface area contributed by atoms with Gasteiger partial charge in [0.2, 0.25) is 5.88 Å². The summed E-state index contributed by atoms with van der Waals surface area (Å²) in [5.74, 6) is -0.251. The number of aromatic nitrogens is 3. The Morgan fingerprint density at radius 1 is 0.949 bits per heavy atom. The summed E-state index contributed by atoms with van der Waals surface area (Å²) >= 11 is 0. The van der Waals surface area contributed by atoms with E-state index < -0.39 is 6.36 Å². The third-order valence-corrected chi connectivity index (χ3v) is 7.78. The molecule has 1 aliphatic carbocycles. The van der Waals surface area contributed by atoms with Crippen molar-refractivity contribution in [1.29, 1.82) is 0 Å². The second kappa shape index (κ2) is 10.2. The quantitative estimate of drug-likeness (QED) is 0.459. The first-order valence-electron chi connectivity index (χ1n) is 13.4. The van der Waals surface area contributed by atoms with Gasteiger partial charge in [-0.3, -0.25) is 4.79 Å². The first kappa shape index (κ1) is 25.7. The largest absolute Gasteiger partial charge is 0.573 e. The van der Waals surface area contributed by atoms with Crippen molar-refractivity contribution in [3.8, 4) is 34.3 Å². The predicted octanol–water partition coefficient (Wildman–Crippen LogP) is 5.25. The van der Waals surface area contributed by atoms with Crippen LogP contribution < -0.4 is 4.74 Å². The second-order valence-electron chi connectivity index (χ2n) is 10.5. The zero-order valence-electron chi connectivity index (χ0n) is 21.4. The summed E-state index contributed by atoms with van der Waals surface area (Å²) in [6.07, 6.45) is 2.57. The van der Waals surface area contributed by atoms with E-state index in [1.165, 1.54) is 43.3 Å². The van der Waals surface area contributed by atoms with Crippen LogP contribution in [-0.4, -0.2) is 73.9 Å². The minimum absolute atomic E-state index is 0.0135. The number of hydrogen-bond acceptors (Lipinski definition) is 6. The Bertz CT molecular complexity index is 1340. The van der Waals surface area contributed by atoms with Crippen LogP contribution in [0, 0.1) is 0 Å². The standard InChI is InChI=1S/C28H30F3N5O3/c29-28(30,31)39-22-5-3-4-18(16-22)26-33-24(19-6-9-23(37)32-17-19)25(36(26)21-7-8-21)27(38)35-14-10-20(11-15-35)34-12-1-2-13-34/h3-6,9,16-17,20-21H,1-2,7-8,10-15H2,(H,32,37). The summed E-state index contributed by atoms with van der Waals surface area (Å²) in [5, 5.41) is 9.74. The van der Waals surface area contributed by atoms with Gasteiger partial charge in [0.05, 0.1) is 0 Å². The highest BCUT2D eigenvalue weighted by atomic mass is 19.4. The highest BCUT2D eigenvalue weighted by molar-refractivity contribution is 5.99. The topological polar surface area (TPSA) is 83.7 Å². The van der Waals surface area contributed by atoms with Crippen molar-refractivity contribution in [3.05, 3.63) is 48.3 Å². The Morgan fingerprint density at radius 3 is 2.33 bits per heavy atom. The Morgan fingerprint density at radius 2 is 1.69 bits per heavy atom. The smallest absolute Gasteiger partial charge is 0.493 e. The van der Waals surface area contributed by atoms with Gasteiger partial charge in [0.15, 0.2) is 0 Å². The molecule has 1 aromatic carbocycles. The fraction of sp³-hybridized carbons (Fsp3) is 0.464. The molecule has 1 saturated carbocycles. The van der Waals surface area contributed by atoms with Crippen molar-refractivity contribution in [2.75, 3.05) is 26.2 Å². The molecule has 39 heavy (non-hydrogen) atoms. The maximum Gasteiger partial charge on any atom is 0.573 e. The molecule has 3 aliphatic rings. The maximum absolute atomic E-state index is 14.1. The molecule has 1 N–H and O–H groups in total. The van der Waals surface area contributed by atoms with Gasteiger partial charge in [0.25, 0.3) is 5.91 Å². The molecule has 3 fully saturated rings. The summed E-state index contributed by atoms with van der Waals surface area (Å²) in [6, 6.07) is 9.25. The lowest BCUT2D eigenvalue weighted by Gasteiger charge is -2.36. The zero-order chi connectivity index (χ0) is 27.1. The highest BCUT2D eigenvalue weighted by Crippen LogP contribution is 2.43. The van der Waals surface area contributed by atoms with Crippen LogP contribution in [0.5, 0.6) is 11.6 Å². The molecule has 4 heterocycles. The Kier molecular flexibility index (Phi) is 6.70. The number of amides is 1. The van der Waals surface area contributed by atoms with E-state index in [2.05, 4.69) is 14.6 Å². The number of halogens is 3. The van der Waals surface area contributed by atoms with E-state index in [1.54, 1.807) is 12.1 Å². The predicted molar refractivity (Wildman–Crippen MR) is 137 cm³/mol. The lowest BCUT2D eigenvalue weighted by molar-refractivity contribution is -0.274. The maximum atomic E-state index is 14.1. The molecule has 0 spiro atoms. The number of carbonyl (C=O) groups excluding carboxylic acids is 1. The lowest BCUT2D eigenvalue weighted by Crippen LogP contribution is -2.46. The molecule has 0 radical (unpaired) electrons. The Hall–Kier alpha value is -3.60. The van der Waals surface area contributed by atoms with Crippen molar-refractivity contribution < 1.29 is 27.8 Å². The molecule has 2 saturated heterocycles. The molecule has 6 rings (SSSR count). The van der Waals surface area contributed by atoms with Crippen LogP contribution in [0.2, 0.25) is 0 Å². The van der Waals surface area contributed by atoms with Gasteiger partial charge in [-0.2, -0.15) is 0 Å². The van der Waals surface area contributed by atoms with Crippen LogP contribution in [0.15, 0.2) is 42.6 Å². The highest BCUT2D eigenvalue weighted by Gasteiger charge is 2.38. The van der Waals surface area contributed by atoms with E-state index >= 15 is 0 Å². The number of hydrogen-bond donors (Lipinski definition) is 1. The first-order chi connectivity index (χ1) is 18.8. The molecule has 0 unspecified atom stereocenters. The van der Waals surface area contributed by atoms with E-state index in [0.29, 0.717) is 47.5 Å². The van der Waals surface area contributed by atoms with Gasteiger partial charge in [-0.05, 0) is 69.8 Å². The molecule has 8 nitrogen and oxygen atoms in total. The van der Waals surface area contributed by atoms with E-state index in [9.17, 15) is 23.1 Å². The van der Waals surface area contributed by atoms with Crippen molar-refractivity contribution in [3.63, 3.8) is 0 Å². The van der Waals surface area contributed by atoms with Gasteiger partial charge >= 0.3 is 6.36 Å². The molecule has 0 bridgehead atoms. The van der Waals surface area contributed by atoms with Crippen molar-refractivity contribution in [2.45, 2.75) is 57.0 Å². The van der Waals surface area contributed by atoms with Crippen LogP contribution in [-0.2, 0) is 0 Å². The number of benzene rings is 1. The molecular formula is C28H30F3N5O3. The number of carbonyl (C=O) groups is 1. The lowest BCUT2D eigenvalue weighted by atomic mass is 10.0. The molecule has 3 aromatic rings. The van der Waals surface area contributed by atoms with Gasteiger partial charge in [0.1, 0.15) is 23.0 Å². The molecular weight excluding hydrogens is 511 g/mol. The number of alkyl halides is 3. The molecule has 11 heteroatoms. The van der Waals surface area contributed by atoms with Crippen LogP contribution in [0.3, 0.4) is 0 Å². The van der Waals surface area contributed by atoms with Crippen LogP contribution >= 0.6 is 0 Å². The fourth-order valence-corrected chi connectivity index (χ4v) is 5.78. The third kappa shape index (κ3) is 5.45. The summed E-state index contributed by atoms with van der Waals surface area (Å²) in [5.41, 5.74) is 1.77. The fourth-order valence-electron chi connectivity index (χ4n) is 5.78. The molecule has 206 valence electrons. The number of aromatic hydroxyl groups is 1. The van der Waals surface area contributed by atoms with Crippen LogP contribution in [0.4, 0.5) is 13.2 Å². The van der Waals surface area contributed by atoms with E-state index in [0.717, 1.165) is 38.8 Å². The SMILES string of the molecule is O=C(c1c(-c2ccc(O)nc2)nc(-c2cccc(OC(F)(F)F)c2)n1C1CC1)N1CCC(N2CCCC2)CC1. The monoisotopic (exact) mass is 541 g/mol. The van der Waals surface area contributed by atoms with Crippen LogP contribution in [0.25, 0.3) is 22.6 Å². The molecule has 1 amide bonds. The minimum Gasteiger partial charge on any atom is -0.493 e. The number of imidazole rings is 1. The molecule has 2 aliphatic heterocycles. The summed E-state index contributed by atoms with van der Waals surface area (Å²) in [6.45, 7) is 3.50. The number of rotatable bonds is 6. The minimum atomic E-state index is -4.82. The molecule has 0 atom stereocenters. The van der Waals surface area contributed by atoms with Crippen molar-refractivity contribution in [1.82, 2.24) is 24.3 Å². The first-order valence-corrected chi connectivity index (χ1v) is 13.4. The average Bonchev–Trinajstić information content (AvgIpc) is 3.44. The van der Waals surface area contributed by atoms with Gasteiger partial charge in [0, 0.05) is 48.6 Å². The van der Waals surface area contributed by atoms with E-state index in [1.807, 2.05) is 9.47 Å². The van der Waals surface area contributed by atoms with Crippen molar-refractivity contribution in [2.24, 2.45) is 0 Å². The van der Waals surface area contributed by atoms with Gasteiger partial charge in [-0.1, -0.05) is 12.1 Å². The number of ether oxygens (including phenoxy) is 1. The Labute approximate surface area is 224 Å². The molecule has 2 aromatic heterocycles. The van der Waals surface area contributed by atoms with Crippen molar-refractivity contribution >= 4 is 5.91 Å². The number of likely N-dealkylation sites (tertiary alicyclic amines) is 2. The number of piperidine rings is 1. The van der Waals surface area contributed by atoms with Crippen LogP contribution in [0.1, 0.15) is 55.1 Å². The third-order valence-electron chi connectivity index (χ3n) is 7.78. The average molecular weight is 542 g/mol. The second-order valence-corrected chi connectivity index (χ2v) is 10.5. The summed E-state index contributed by atoms with van der Waals surface area (Å²) < 4.78 is 44.8. The summed E-state index contributed by atoms with van der Waals surface area (Å²) in [4.78, 5) is 27.3. The number of pyridine rings is 1. The number of nitrogens with zero attached hydrogens (tertiary/aromatic N) is 5.